The Morgan fingerprint density at radius 2 is 2.28 bits per heavy atom. The minimum atomic E-state index is -0.501. The Bertz CT molecular complexity index is 364. The fourth-order valence-corrected chi connectivity index (χ4v) is 5.20. The van der Waals surface area contributed by atoms with Crippen LogP contribution in [0, 0.1) is 5.92 Å². The molecule has 2 bridgehead atoms. The lowest BCUT2D eigenvalue weighted by Gasteiger charge is -2.35. The van der Waals surface area contributed by atoms with Crippen LogP contribution in [0.3, 0.4) is 0 Å². The highest BCUT2D eigenvalue weighted by atomic mass is 32.2. The van der Waals surface area contributed by atoms with E-state index < -0.39 is 6.16 Å². The molecule has 18 heavy (non-hydrogen) atoms. The van der Waals surface area contributed by atoms with Gasteiger partial charge in [0.05, 0.1) is 17.5 Å². The summed E-state index contributed by atoms with van der Waals surface area (Å²) in [5.74, 6) is 0.475. The minimum absolute atomic E-state index is 0.109. The van der Waals surface area contributed by atoms with Crippen molar-refractivity contribution in [3.8, 4) is 0 Å². The van der Waals surface area contributed by atoms with E-state index in [4.69, 9.17) is 14.2 Å². The third-order valence-corrected chi connectivity index (χ3v) is 5.73. The summed E-state index contributed by atoms with van der Waals surface area (Å²) in [5, 5.41) is 0.939. The smallest absolute Gasteiger partial charge is 0.430 e. The monoisotopic (exact) mass is 272 g/mol. The van der Waals surface area contributed by atoms with E-state index in [0.29, 0.717) is 23.0 Å². The van der Waals surface area contributed by atoms with Gasteiger partial charge >= 0.3 is 6.16 Å². The third kappa shape index (κ3) is 2.11. The van der Waals surface area contributed by atoms with Crippen LogP contribution in [0.15, 0.2) is 0 Å². The molecule has 0 N–H and O–H groups in total. The van der Waals surface area contributed by atoms with Crippen molar-refractivity contribution in [2.45, 2.75) is 55.3 Å². The maximum absolute atomic E-state index is 11.2. The highest BCUT2D eigenvalue weighted by Gasteiger charge is 2.62. The first-order chi connectivity index (χ1) is 8.38. The maximum Gasteiger partial charge on any atom is 0.509 e. The van der Waals surface area contributed by atoms with Crippen LogP contribution in [0.25, 0.3) is 0 Å². The molecule has 3 saturated heterocycles. The molecule has 0 aromatic carbocycles. The number of hydrogen-bond acceptors (Lipinski definition) is 5. The van der Waals surface area contributed by atoms with E-state index >= 15 is 0 Å². The van der Waals surface area contributed by atoms with Crippen molar-refractivity contribution >= 4 is 17.9 Å². The molecule has 3 aliphatic rings. The molecule has 0 aliphatic carbocycles. The average molecular weight is 272 g/mol. The number of fused-ring (bicyclic) bond motifs is 3. The molecular formula is C13H20O4S. The molecule has 0 aromatic rings. The van der Waals surface area contributed by atoms with Crippen molar-refractivity contribution < 1.29 is 19.0 Å². The summed E-state index contributed by atoms with van der Waals surface area (Å²) < 4.78 is 16.4. The minimum Gasteiger partial charge on any atom is -0.430 e. The second kappa shape index (κ2) is 4.04. The van der Waals surface area contributed by atoms with E-state index in [9.17, 15) is 4.79 Å². The largest absolute Gasteiger partial charge is 0.509 e. The molecule has 0 amide bonds. The first kappa shape index (κ1) is 12.6. The number of rotatable bonds is 2. The van der Waals surface area contributed by atoms with Crippen LogP contribution in [-0.2, 0) is 14.2 Å². The number of hydrogen-bond donors (Lipinski definition) is 0. The zero-order valence-corrected chi connectivity index (χ0v) is 11.9. The molecule has 102 valence electrons. The molecule has 0 aromatic heterocycles. The summed E-state index contributed by atoms with van der Waals surface area (Å²) in [6.07, 6.45) is 1.61. The van der Waals surface area contributed by atoms with Gasteiger partial charge in [0.25, 0.3) is 0 Å². The van der Waals surface area contributed by atoms with Crippen molar-refractivity contribution in [3.05, 3.63) is 0 Å². The van der Waals surface area contributed by atoms with Gasteiger partial charge in [-0.25, -0.2) is 4.79 Å². The van der Waals surface area contributed by atoms with Gasteiger partial charge in [0, 0.05) is 11.7 Å². The number of cyclic esters (lactones) is 1. The van der Waals surface area contributed by atoms with Crippen LogP contribution in [-0.4, -0.2) is 41.1 Å². The molecule has 0 saturated carbocycles. The van der Waals surface area contributed by atoms with Gasteiger partial charge in [0.1, 0.15) is 6.61 Å². The Hall–Kier alpha value is -0.420. The first-order valence-electron chi connectivity index (χ1n) is 6.53. The molecule has 4 unspecified atom stereocenters. The topological polar surface area (TPSA) is 44.8 Å². The summed E-state index contributed by atoms with van der Waals surface area (Å²) in [6, 6.07) is 0. The highest BCUT2D eigenvalue weighted by molar-refractivity contribution is 8.01. The molecule has 3 heterocycles. The van der Waals surface area contributed by atoms with E-state index in [1.807, 2.05) is 11.8 Å². The average Bonchev–Trinajstić information content (AvgIpc) is 2.89. The summed E-state index contributed by atoms with van der Waals surface area (Å²) in [4.78, 5) is 11.2. The van der Waals surface area contributed by atoms with Crippen LogP contribution in [0.2, 0.25) is 0 Å². The molecule has 3 rings (SSSR count). The van der Waals surface area contributed by atoms with Crippen molar-refractivity contribution in [1.29, 1.82) is 0 Å². The van der Waals surface area contributed by atoms with Crippen LogP contribution in [0.1, 0.15) is 33.6 Å². The van der Waals surface area contributed by atoms with Crippen molar-refractivity contribution in [2.75, 3.05) is 13.2 Å². The van der Waals surface area contributed by atoms with E-state index in [-0.39, 0.29) is 11.2 Å². The Labute approximate surface area is 112 Å². The van der Waals surface area contributed by atoms with E-state index in [2.05, 4.69) is 20.8 Å². The van der Waals surface area contributed by atoms with Gasteiger partial charge in [0.15, 0.2) is 5.60 Å². The van der Waals surface area contributed by atoms with Crippen LogP contribution in [0.5, 0.6) is 0 Å². The molecule has 3 fully saturated rings. The lowest BCUT2D eigenvalue weighted by molar-refractivity contribution is -0.0462. The van der Waals surface area contributed by atoms with Crippen LogP contribution in [0.4, 0.5) is 4.79 Å². The van der Waals surface area contributed by atoms with Gasteiger partial charge < -0.3 is 14.2 Å². The lowest BCUT2D eigenvalue weighted by Crippen LogP contribution is -2.47. The quantitative estimate of drug-likeness (QED) is 0.723. The lowest BCUT2D eigenvalue weighted by atomic mass is 9.79. The van der Waals surface area contributed by atoms with Crippen molar-refractivity contribution in [2.24, 2.45) is 5.92 Å². The molecular weight excluding hydrogens is 252 g/mol. The summed E-state index contributed by atoms with van der Waals surface area (Å²) in [7, 11) is 0. The summed E-state index contributed by atoms with van der Waals surface area (Å²) in [6.45, 7) is 7.38. The first-order valence-corrected chi connectivity index (χ1v) is 7.47. The fourth-order valence-electron chi connectivity index (χ4n) is 3.18. The van der Waals surface area contributed by atoms with Gasteiger partial charge in [-0.1, -0.05) is 0 Å². The second-order valence-corrected chi connectivity index (χ2v) is 7.95. The van der Waals surface area contributed by atoms with Gasteiger partial charge in [-0.2, -0.15) is 11.8 Å². The SMILES string of the molecule is CC(C)(C)OCC1CC2CC3(COC(=O)O3)C1S2. The summed E-state index contributed by atoms with van der Waals surface area (Å²) >= 11 is 1.95. The Morgan fingerprint density at radius 1 is 1.50 bits per heavy atom. The standard InChI is InChI=1S/C13H20O4S/c1-12(2,3)16-6-8-4-9-5-13(10(8)18-9)7-15-11(14)17-13/h8-10H,4-7H2,1-3H3. The number of thioether (sulfide) groups is 1. The number of carbonyl (C=O) groups excluding carboxylic acids is 1. The zero-order chi connectivity index (χ0) is 13.0. The van der Waals surface area contributed by atoms with Crippen molar-refractivity contribution in [3.63, 3.8) is 0 Å². The summed E-state index contributed by atoms with van der Waals surface area (Å²) in [5.41, 5.74) is -0.473. The Kier molecular flexibility index (Phi) is 2.83. The zero-order valence-electron chi connectivity index (χ0n) is 11.1. The number of carbonyl (C=O) groups is 1. The predicted octanol–water partition coefficient (Wildman–Crippen LogP) is 2.60. The predicted molar refractivity (Wildman–Crippen MR) is 68.8 cm³/mol. The molecule has 0 radical (unpaired) electrons. The van der Waals surface area contributed by atoms with Gasteiger partial charge in [-0.05, 0) is 33.1 Å². The van der Waals surface area contributed by atoms with Crippen LogP contribution >= 0.6 is 11.8 Å². The molecule has 3 aliphatic heterocycles. The van der Waals surface area contributed by atoms with Crippen molar-refractivity contribution in [1.82, 2.24) is 0 Å². The second-order valence-electron chi connectivity index (χ2n) is 6.51. The van der Waals surface area contributed by atoms with E-state index in [0.717, 1.165) is 13.0 Å². The fraction of sp³-hybridized carbons (Fsp3) is 0.923. The van der Waals surface area contributed by atoms with Crippen LogP contribution < -0.4 is 0 Å². The maximum atomic E-state index is 11.2. The Morgan fingerprint density at radius 3 is 2.83 bits per heavy atom. The van der Waals surface area contributed by atoms with Gasteiger partial charge in [0.2, 0.25) is 0 Å². The van der Waals surface area contributed by atoms with E-state index in [1.165, 1.54) is 6.42 Å². The number of ether oxygens (including phenoxy) is 3. The molecule has 4 nitrogen and oxygen atoms in total. The third-order valence-electron chi connectivity index (χ3n) is 3.88. The molecule has 1 spiro atoms. The van der Waals surface area contributed by atoms with E-state index in [1.54, 1.807) is 0 Å². The molecule has 5 heteroatoms. The highest BCUT2D eigenvalue weighted by Crippen LogP contribution is 2.57. The van der Waals surface area contributed by atoms with Gasteiger partial charge in [-0.3, -0.25) is 0 Å². The van der Waals surface area contributed by atoms with Gasteiger partial charge in [-0.15, -0.1) is 0 Å². The Balaban J connectivity index is 1.67. The molecule has 4 atom stereocenters. The normalized spacial score (nSPS) is 42.4.